The Balaban J connectivity index is 1.35. The summed E-state index contributed by atoms with van der Waals surface area (Å²) in [4.78, 5) is 24.2. The second-order valence-corrected chi connectivity index (χ2v) is 7.45. The smallest absolute Gasteiger partial charge is 0.261 e. The van der Waals surface area contributed by atoms with E-state index >= 15 is 0 Å². The second kappa shape index (κ2) is 9.00. The summed E-state index contributed by atoms with van der Waals surface area (Å²) in [7, 11) is 0. The van der Waals surface area contributed by atoms with E-state index in [-0.39, 0.29) is 18.7 Å². The Morgan fingerprint density at radius 1 is 0.964 bits per heavy atom. The molecule has 0 bridgehead atoms. The van der Waals surface area contributed by atoms with Crippen LogP contribution in [0.25, 0.3) is 10.9 Å². The van der Waals surface area contributed by atoms with Crippen molar-refractivity contribution in [2.45, 2.75) is 6.54 Å². The summed E-state index contributed by atoms with van der Waals surface area (Å²) >= 11 is 0. The number of piperazine rings is 1. The summed E-state index contributed by atoms with van der Waals surface area (Å²) in [5.74, 6) is 0. The zero-order valence-corrected chi connectivity index (χ0v) is 16.3. The van der Waals surface area contributed by atoms with Crippen LogP contribution in [-0.4, -0.2) is 96.6 Å². The zero-order valence-electron chi connectivity index (χ0n) is 16.3. The van der Waals surface area contributed by atoms with Crippen LogP contribution in [0.5, 0.6) is 0 Å². The Labute approximate surface area is 164 Å². The lowest BCUT2D eigenvalue weighted by Gasteiger charge is -2.37. The van der Waals surface area contributed by atoms with Crippen molar-refractivity contribution in [3.8, 4) is 0 Å². The number of aromatic nitrogens is 2. The summed E-state index contributed by atoms with van der Waals surface area (Å²) in [5.41, 5.74) is 1.73. The number of fused-ring (bicyclic) bond motifs is 1. The Bertz CT molecular complexity index is 841. The van der Waals surface area contributed by atoms with Gasteiger partial charge in [0, 0.05) is 58.0 Å². The molecule has 0 aliphatic carbocycles. The molecule has 8 nitrogen and oxygen atoms in total. The lowest BCUT2D eigenvalue weighted by atomic mass is 10.2. The molecule has 0 amide bonds. The molecule has 2 aliphatic rings. The van der Waals surface area contributed by atoms with E-state index in [0.717, 1.165) is 71.3 Å². The Morgan fingerprint density at radius 3 is 2.39 bits per heavy atom. The lowest BCUT2D eigenvalue weighted by molar-refractivity contribution is 0.0331. The first-order valence-corrected chi connectivity index (χ1v) is 10.1. The van der Waals surface area contributed by atoms with Gasteiger partial charge < -0.3 is 14.7 Å². The minimum atomic E-state index is -0.0986. The predicted octanol–water partition coefficient (Wildman–Crippen LogP) is -0.157. The molecule has 1 aromatic heterocycles. The van der Waals surface area contributed by atoms with Gasteiger partial charge in [-0.3, -0.25) is 19.2 Å². The first kappa shape index (κ1) is 19.3. The molecule has 0 radical (unpaired) electrons. The van der Waals surface area contributed by atoms with Crippen LogP contribution < -0.4 is 10.5 Å². The molecule has 4 rings (SSSR count). The normalized spacial score (nSPS) is 19.4. The number of aliphatic hydroxyl groups excluding tert-OH is 1. The number of hydrogen-bond donors (Lipinski definition) is 1. The molecule has 28 heavy (non-hydrogen) atoms. The Kier molecular flexibility index (Phi) is 6.21. The molecule has 2 fully saturated rings. The van der Waals surface area contributed by atoms with Gasteiger partial charge in [0.05, 0.1) is 43.6 Å². The average molecular weight is 387 g/mol. The fourth-order valence-corrected chi connectivity index (χ4v) is 3.95. The predicted molar refractivity (Wildman–Crippen MR) is 109 cm³/mol. The Hall–Kier alpha value is -2.00. The molecule has 1 aromatic carbocycles. The third kappa shape index (κ3) is 4.35. The third-order valence-corrected chi connectivity index (χ3v) is 5.72. The number of nitrogens with zero attached hydrogens (tertiary/aromatic N) is 5. The van der Waals surface area contributed by atoms with Gasteiger partial charge in [-0.25, -0.2) is 4.98 Å². The lowest BCUT2D eigenvalue weighted by Crippen LogP contribution is -2.49. The van der Waals surface area contributed by atoms with Crippen LogP contribution >= 0.6 is 0 Å². The van der Waals surface area contributed by atoms with Crippen LogP contribution in [0.3, 0.4) is 0 Å². The van der Waals surface area contributed by atoms with Crippen LogP contribution in [0.1, 0.15) is 0 Å². The van der Waals surface area contributed by atoms with Crippen LogP contribution in [0, 0.1) is 0 Å². The number of anilines is 1. The van der Waals surface area contributed by atoms with E-state index in [1.54, 1.807) is 0 Å². The van der Waals surface area contributed by atoms with E-state index < -0.39 is 0 Å². The molecule has 8 heteroatoms. The first-order chi connectivity index (χ1) is 13.7. The van der Waals surface area contributed by atoms with Crippen LogP contribution in [-0.2, 0) is 11.3 Å². The van der Waals surface area contributed by atoms with Gasteiger partial charge in [-0.15, -0.1) is 0 Å². The maximum Gasteiger partial charge on any atom is 0.261 e. The number of hydrogen-bond acceptors (Lipinski definition) is 7. The number of benzene rings is 1. The van der Waals surface area contributed by atoms with E-state index in [0.29, 0.717) is 10.9 Å². The summed E-state index contributed by atoms with van der Waals surface area (Å²) in [5, 5.41) is 9.66. The van der Waals surface area contributed by atoms with E-state index in [1.807, 2.05) is 18.2 Å². The second-order valence-electron chi connectivity index (χ2n) is 7.45. The van der Waals surface area contributed by atoms with Crippen molar-refractivity contribution in [1.29, 1.82) is 0 Å². The first-order valence-electron chi connectivity index (χ1n) is 10.1. The topological polar surface area (TPSA) is 74.1 Å². The average Bonchev–Trinajstić information content (AvgIpc) is 2.75. The molecule has 2 saturated heterocycles. The maximum absolute atomic E-state index is 12.4. The molecule has 0 spiro atoms. The van der Waals surface area contributed by atoms with Crippen molar-refractivity contribution in [2.75, 3.05) is 77.1 Å². The number of ether oxygens (including phenoxy) is 1. The molecule has 0 unspecified atom stereocenters. The van der Waals surface area contributed by atoms with E-state index in [1.165, 1.54) is 10.9 Å². The van der Waals surface area contributed by atoms with Crippen molar-refractivity contribution in [3.63, 3.8) is 0 Å². The molecule has 0 atom stereocenters. The van der Waals surface area contributed by atoms with E-state index in [4.69, 9.17) is 9.84 Å². The largest absolute Gasteiger partial charge is 0.395 e. The summed E-state index contributed by atoms with van der Waals surface area (Å²) in [6.45, 7) is 10.3. The highest BCUT2D eigenvalue weighted by Crippen LogP contribution is 2.20. The summed E-state index contributed by atoms with van der Waals surface area (Å²) in [6.07, 6.45) is 1.52. The van der Waals surface area contributed by atoms with Crippen LogP contribution in [0.4, 0.5) is 5.69 Å². The van der Waals surface area contributed by atoms with Gasteiger partial charge in [-0.05, 0) is 18.2 Å². The van der Waals surface area contributed by atoms with Crippen molar-refractivity contribution >= 4 is 16.6 Å². The fraction of sp³-hybridized carbons (Fsp3) is 0.600. The van der Waals surface area contributed by atoms with Gasteiger partial charge in [0.1, 0.15) is 0 Å². The van der Waals surface area contributed by atoms with Crippen LogP contribution in [0.2, 0.25) is 0 Å². The van der Waals surface area contributed by atoms with Gasteiger partial charge in [-0.1, -0.05) is 0 Å². The molecule has 2 aliphatic heterocycles. The van der Waals surface area contributed by atoms with E-state index in [2.05, 4.69) is 19.7 Å². The highest BCUT2D eigenvalue weighted by Gasteiger charge is 2.19. The summed E-state index contributed by atoms with van der Waals surface area (Å²) in [6, 6.07) is 5.88. The fourth-order valence-electron chi connectivity index (χ4n) is 3.95. The quantitative estimate of drug-likeness (QED) is 0.739. The molecular weight excluding hydrogens is 358 g/mol. The SMILES string of the molecule is O=c1c2ccc(N3CCN(CCN4CCOCC4)CC3)cc2ncn1CCO. The number of aliphatic hydroxyl groups is 1. The van der Waals surface area contributed by atoms with Crippen molar-refractivity contribution < 1.29 is 9.84 Å². The van der Waals surface area contributed by atoms with Crippen molar-refractivity contribution in [1.82, 2.24) is 19.4 Å². The van der Waals surface area contributed by atoms with Gasteiger partial charge in [0.2, 0.25) is 0 Å². The third-order valence-electron chi connectivity index (χ3n) is 5.72. The van der Waals surface area contributed by atoms with Gasteiger partial charge >= 0.3 is 0 Å². The molecular formula is C20H29N5O3. The zero-order chi connectivity index (χ0) is 19.3. The highest BCUT2D eigenvalue weighted by molar-refractivity contribution is 5.81. The monoisotopic (exact) mass is 387 g/mol. The maximum atomic E-state index is 12.4. The number of morpholine rings is 1. The molecule has 3 heterocycles. The number of rotatable bonds is 6. The molecule has 0 saturated carbocycles. The van der Waals surface area contributed by atoms with Gasteiger partial charge in [0.25, 0.3) is 5.56 Å². The van der Waals surface area contributed by atoms with Gasteiger partial charge in [-0.2, -0.15) is 0 Å². The molecule has 2 aromatic rings. The Morgan fingerprint density at radius 2 is 1.68 bits per heavy atom. The van der Waals surface area contributed by atoms with Crippen molar-refractivity contribution in [3.05, 3.63) is 34.9 Å². The standard InChI is InChI=1S/C20H29N5O3/c26-12-9-25-16-21-19-15-17(1-2-18(19)20(25)27)24-7-5-22(6-8-24)3-4-23-10-13-28-14-11-23/h1-2,15-16,26H,3-14H2. The molecule has 152 valence electrons. The van der Waals surface area contributed by atoms with E-state index in [9.17, 15) is 4.79 Å². The van der Waals surface area contributed by atoms with Crippen molar-refractivity contribution in [2.24, 2.45) is 0 Å². The minimum Gasteiger partial charge on any atom is -0.395 e. The molecule has 1 N–H and O–H groups in total. The highest BCUT2D eigenvalue weighted by atomic mass is 16.5. The van der Waals surface area contributed by atoms with Crippen LogP contribution in [0.15, 0.2) is 29.3 Å². The summed E-state index contributed by atoms with van der Waals surface area (Å²) < 4.78 is 6.87. The minimum absolute atomic E-state index is 0.0685. The van der Waals surface area contributed by atoms with Gasteiger partial charge in [0.15, 0.2) is 0 Å².